The van der Waals surface area contributed by atoms with E-state index in [0.29, 0.717) is 18.7 Å². The lowest BCUT2D eigenvalue weighted by molar-refractivity contribution is -0.274. The van der Waals surface area contributed by atoms with Crippen LogP contribution in [-0.4, -0.2) is 29.9 Å². The molecule has 0 aliphatic carbocycles. The van der Waals surface area contributed by atoms with Crippen LogP contribution in [0.25, 0.3) is 0 Å². The van der Waals surface area contributed by atoms with Crippen LogP contribution in [0.5, 0.6) is 5.75 Å². The number of likely N-dealkylation sites (tertiary alicyclic amines) is 1. The Bertz CT molecular complexity index is 572. The molecule has 120 valence electrons. The Kier molecular flexibility index (Phi) is 4.39. The number of ether oxygens (including phenoxy) is 1. The number of nitrogens with zero attached hydrogens (tertiary/aromatic N) is 2. The van der Waals surface area contributed by atoms with Crippen LogP contribution in [0.1, 0.15) is 32.3 Å². The van der Waals surface area contributed by atoms with E-state index >= 15 is 0 Å². The molecule has 3 nitrogen and oxygen atoms in total. The lowest BCUT2D eigenvalue weighted by atomic mass is 9.90. The van der Waals surface area contributed by atoms with Crippen molar-refractivity contribution in [3.05, 3.63) is 29.8 Å². The summed E-state index contributed by atoms with van der Waals surface area (Å²) in [4.78, 5) is 2.18. The Labute approximate surface area is 128 Å². The minimum absolute atomic E-state index is 0.0794. The van der Waals surface area contributed by atoms with Gasteiger partial charge in [0.1, 0.15) is 5.75 Å². The molecule has 1 aliphatic rings. The van der Waals surface area contributed by atoms with E-state index in [-0.39, 0.29) is 23.1 Å². The highest BCUT2D eigenvalue weighted by molar-refractivity contribution is 5.33. The Balaban J connectivity index is 2.24. The molecule has 1 aromatic carbocycles. The first kappa shape index (κ1) is 16.6. The summed E-state index contributed by atoms with van der Waals surface area (Å²) in [7, 11) is 0. The fourth-order valence-electron chi connectivity index (χ4n) is 2.76. The van der Waals surface area contributed by atoms with Crippen LogP contribution in [0, 0.1) is 17.2 Å². The highest BCUT2D eigenvalue weighted by atomic mass is 19.4. The third-order valence-corrected chi connectivity index (χ3v) is 3.95. The Morgan fingerprint density at radius 3 is 2.45 bits per heavy atom. The van der Waals surface area contributed by atoms with Gasteiger partial charge in [0.15, 0.2) is 0 Å². The van der Waals surface area contributed by atoms with E-state index in [1.165, 1.54) is 18.2 Å². The second-order valence-electron chi connectivity index (χ2n) is 6.54. The summed E-state index contributed by atoms with van der Waals surface area (Å²) in [5.74, 6) is -0.586. The molecule has 0 bridgehead atoms. The summed E-state index contributed by atoms with van der Waals surface area (Å²) in [6.45, 7) is 7.46. The van der Waals surface area contributed by atoms with Crippen LogP contribution >= 0.6 is 0 Å². The summed E-state index contributed by atoms with van der Waals surface area (Å²) >= 11 is 0. The number of benzene rings is 1. The minimum atomic E-state index is -4.71. The predicted molar refractivity (Wildman–Crippen MR) is 76.3 cm³/mol. The van der Waals surface area contributed by atoms with Crippen LogP contribution in [0.15, 0.2) is 24.3 Å². The lowest BCUT2D eigenvalue weighted by Crippen LogP contribution is -2.39. The fraction of sp³-hybridized carbons (Fsp3) is 0.562. The average molecular weight is 312 g/mol. The summed E-state index contributed by atoms with van der Waals surface area (Å²) in [5.41, 5.74) is 0.629. The normalized spacial score (nSPS) is 23.3. The van der Waals surface area contributed by atoms with Crippen molar-refractivity contribution in [3.63, 3.8) is 0 Å². The number of nitriles is 1. The van der Waals surface area contributed by atoms with Gasteiger partial charge >= 0.3 is 6.36 Å². The van der Waals surface area contributed by atoms with E-state index in [0.717, 1.165) is 0 Å². The topological polar surface area (TPSA) is 36.3 Å². The van der Waals surface area contributed by atoms with Gasteiger partial charge in [-0.05, 0) is 38.5 Å². The van der Waals surface area contributed by atoms with Crippen molar-refractivity contribution in [1.29, 1.82) is 5.26 Å². The lowest BCUT2D eigenvalue weighted by Gasteiger charge is -2.31. The first-order valence-electron chi connectivity index (χ1n) is 7.10. The van der Waals surface area contributed by atoms with Crippen molar-refractivity contribution in [1.82, 2.24) is 4.90 Å². The van der Waals surface area contributed by atoms with Crippen LogP contribution in [0.3, 0.4) is 0 Å². The van der Waals surface area contributed by atoms with Crippen LogP contribution < -0.4 is 4.74 Å². The van der Waals surface area contributed by atoms with E-state index in [4.69, 9.17) is 0 Å². The van der Waals surface area contributed by atoms with E-state index in [2.05, 4.69) is 36.5 Å². The molecule has 0 radical (unpaired) electrons. The van der Waals surface area contributed by atoms with E-state index in [9.17, 15) is 18.4 Å². The van der Waals surface area contributed by atoms with Gasteiger partial charge in [0.25, 0.3) is 0 Å². The van der Waals surface area contributed by atoms with Crippen molar-refractivity contribution < 1.29 is 17.9 Å². The van der Waals surface area contributed by atoms with Gasteiger partial charge in [-0.15, -0.1) is 13.2 Å². The molecule has 0 unspecified atom stereocenters. The molecule has 0 saturated carbocycles. The van der Waals surface area contributed by atoms with Gasteiger partial charge in [0.2, 0.25) is 0 Å². The molecule has 0 amide bonds. The first-order chi connectivity index (χ1) is 10.1. The molecule has 0 aromatic heterocycles. The maximum Gasteiger partial charge on any atom is 0.573 e. The van der Waals surface area contributed by atoms with Crippen LogP contribution in [0.2, 0.25) is 0 Å². The monoisotopic (exact) mass is 312 g/mol. The molecule has 2 atom stereocenters. The van der Waals surface area contributed by atoms with Crippen molar-refractivity contribution in [2.24, 2.45) is 5.92 Å². The third kappa shape index (κ3) is 3.92. The Morgan fingerprint density at radius 2 is 1.91 bits per heavy atom. The van der Waals surface area contributed by atoms with E-state index in [1.54, 1.807) is 6.07 Å². The molecule has 0 N–H and O–H groups in total. The standard InChI is InChI=1S/C16H19F3N2O/c1-15(2,3)21-9-12(8-20)14(10-21)11-5-4-6-13(7-11)22-16(17,18)19/h4-7,12,14H,9-10H2,1-3H3/t12-,14+/m0/s1. The summed E-state index contributed by atoms with van der Waals surface area (Å²) in [6.07, 6.45) is -4.71. The van der Waals surface area contributed by atoms with Crippen molar-refractivity contribution in [2.45, 2.75) is 38.6 Å². The molecule has 0 spiro atoms. The first-order valence-corrected chi connectivity index (χ1v) is 7.10. The van der Waals surface area contributed by atoms with Gasteiger partial charge in [-0.3, -0.25) is 4.90 Å². The third-order valence-electron chi connectivity index (χ3n) is 3.95. The quantitative estimate of drug-likeness (QED) is 0.830. The number of rotatable bonds is 2. The fourth-order valence-corrected chi connectivity index (χ4v) is 2.76. The van der Waals surface area contributed by atoms with E-state index < -0.39 is 6.36 Å². The number of hydrogen-bond acceptors (Lipinski definition) is 3. The maximum atomic E-state index is 12.3. The summed E-state index contributed by atoms with van der Waals surface area (Å²) in [6, 6.07) is 8.22. The molecular formula is C16H19F3N2O. The SMILES string of the molecule is CC(C)(C)N1C[C@H](c2cccc(OC(F)(F)F)c2)[C@@H](C#N)C1. The van der Waals surface area contributed by atoms with E-state index in [1.807, 2.05) is 0 Å². The summed E-state index contributed by atoms with van der Waals surface area (Å²) in [5, 5.41) is 9.35. The van der Waals surface area contributed by atoms with Gasteiger partial charge in [0, 0.05) is 24.5 Å². The highest BCUT2D eigenvalue weighted by Gasteiger charge is 2.39. The van der Waals surface area contributed by atoms with Gasteiger partial charge < -0.3 is 4.74 Å². The zero-order valence-corrected chi connectivity index (χ0v) is 12.8. The molecule has 1 saturated heterocycles. The largest absolute Gasteiger partial charge is 0.573 e. The maximum absolute atomic E-state index is 12.3. The van der Waals surface area contributed by atoms with Crippen molar-refractivity contribution in [3.8, 4) is 11.8 Å². The Morgan fingerprint density at radius 1 is 1.23 bits per heavy atom. The number of halogens is 3. The Hall–Kier alpha value is -1.74. The molecule has 1 heterocycles. The van der Waals surface area contributed by atoms with Gasteiger partial charge in [-0.25, -0.2) is 0 Å². The second kappa shape index (κ2) is 5.81. The smallest absolute Gasteiger partial charge is 0.406 e. The average Bonchev–Trinajstić information content (AvgIpc) is 2.81. The molecule has 2 rings (SSSR count). The molecule has 6 heteroatoms. The molecule has 22 heavy (non-hydrogen) atoms. The van der Waals surface area contributed by atoms with Crippen molar-refractivity contribution in [2.75, 3.05) is 13.1 Å². The van der Waals surface area contributed by atoms with Crippen LogP contribution in [0.4, 0.5) is 13.2 Å². The minimum Gasteiger partial charge on any atom is -0.406 e. The van der Waals surface area contributed by atoms with Gasteiger partial charge in [0.05, 0.1) is 12.0 Å². The predicted octanol–water partition coefficient (Wildman–Crippen LogP) is 3.92. The zero-order chi connectivity index (χ0) is 16.5. The highest BCUT2D eigenvalue weighted by Crippen LogP contribution is 2.37. The van der Waals surface area contributed by atoms with Gasteiger partial charge in [-0.1, -0.05) is 12.1 Å². The molecule has 1 aliphatic heterocycles. The number of alkyl halides is 3. The molecular weight excluding hydrogens is 293 g/mol. The number of hydrogen-bond donors (Lipinski definition) is 0. The van der Waals surface area contributed by atoms with Crippen LogP contribution in [-0.2, 0) is 0 Å². The molecule has 1 aromatic rings. The molecule has 1 fully saturated rings. The van der Waals surface area contributed by atoms with Gasteiger partial charge in [-0.2, -0.15) is 5.26 Å². The zero-order valence-electron chi connectivity index (χ0n) is 12.8. The summed E-state index contributed by atoms with van der Waals surface area (Å²) < 4.78 is 41.0. The van der Waals surface area contributed by atoms with Crippen molar-refractivity contribution >= 4 is 0 Å². The second-order valence-corrected chi connectivity index (χ2v) is 6.54.